The maximum Gasteiger partial charge on any atom is 0.284 e. The van der Waals surface area contributed by atoms with Crippen molar-refractivity contribution in [2.24, 2.45) is 35.0 Å². The van der Waals surface area contributed by atoms with Crippen molar-refractivity contribution in [3.05, 3.63) is 0 Å². The van der Waals surface area contributed by atoms with E-state index in [1.807, 2.05) is 13.8 Å². The Kier molecular flexibility index (Phi) is 2.97. The zero-order valence-electron chi connectivity index (χ0n) is 15.1. The van der Waals surface area contributed by atoms with Crippen LogP contribution in [0.5, 0.6) is 0 Å². The summed E-state index contributed by atoms with van der Waals surface area (Å²) in [5, 5.41) is 21.8. The lowest BCUT2D eigenvalue weighted by Crippen LogP contribution is -2.66. The van der Waals surface area contributed by atoms with Crippen molar-refractivity contribution >= 4 is 0 Å². The van der Waals surface area contributed by atoms with E-state index in [0.717, 1.165) is 0 Å². The summed E-state index contributed by atoms with van der Waals surface area (Å²) in [6.45, 7) is 3.75. The van der Waals surface area contributed by atoms with E-state index in [1.54, 1.807) is 0 Å². The smallest absolute Gasteiger partial charge is 0.284 e. The van der Waals surface area contributed by atoms with E-state index in [4.69, 9.17) is 0 Å². The van der Waals surface area contributed by atoms with E-state index in [1.165, 1.54) is 0 Å². The first-order valence-electron chi connectivity index (χ1n) is 9.93. The number of alkyl halides is 3. The van der Waals surface area contributed by atoms with Gasteiger partial charge in [-0.05, 0) is 68.1 Å². The third-order valence-corrected chi connectivity index (χ3v) is 8.97. The Morgan fingerprint density at radius 3 is 1.92 bits per heavy atom. The minimum Gasteiger partial charge on any atom is -0.390 e. The topological polar surface area (TPSA) is 40.5 Å². The molecule has 0 aromatic rings. The van der Waals surface area contributed by atoms with E-state index in [2.05, 4.69) is 0 Å². The summed E-state index contributed by atoms with van der Waals surface area (Å²) in [5.74, 6) is -4.79. The van der Waals surface area contributed by atoms with Crippen LogP contribution in [-0.2, 0) is 0 Å². The lowest BCUT2D eigenvalue weighted by Gasteiger charge is -2.64. The molecule has 0 spiro atoms. The molecule has 2 nitrogen and oxygen atoms in total. The van der Waals surface area contributed by atoms with Gasteiger partial charge in [0, 0.05) is 18.3 Å². The van der Waals surface area contributed by atoms with Crippen molar-refractivity contribution in [1.82, 2.24) is 0 Å². The van der Waals surface area contributed by atoms with Crippen LogP contribution >= 0.6 is 0 Å². The van der Waals surface area contributed by atoms with Gasteiger partial charge in [0.15, 0.2) is 5.67 Å². The van der Waals surface area contributed by atoms with Gasteiger partial charge in [-0.3, -0.25) is 0 Å². The summed E-state index contributed by atoms with van der Waals surface area (Å²) >= 11 is 0. The molecule has 6 saturated carbocycles. The third kappa shape index (κ3) is 1.95. The number of fused-ring (bicyclic) bond motifs is 2. The van der Waals surface area contributed by atoms with Gasteiger partial charge >= 0.3 is 0 Å². The maximum atomic E-state index is 16.1. The highest BCUT2D eigenvalue weighted by molar-refractivity contribution is 5.22. The Labute approximate surface area is 147 Å². The first kappa shape index (κ1) is 16.9. The lowest BCUT2D eigenvalue weighted by molar-refractivity contribution is -0.260. The molecule has 142 valence electrons. The zero-order chi connectivity index (χ0) is 18.0. The molecule has 0 saturated heterocycles. The van der Waals surface area contributed by atoms with Gasteiger partial charge in [0.2, 0.25) is 0 Å². The molecule has 7 atom stereocenters. The number of hydrogen-bond acceptors (Lipinski definition) is 2. The van der Waals surface area contributed by atoms with E-state index in [0.29, 0.717) is 38.5 Å². The van der Waals surface area contributed by atoms with Crippen LogP contribution in [-0.4, -0.2) is 33.0 Å². The van der Waals surface area contributed by atoms with Crippen LogP contribution in [0.25, 0.3) is 0 Å². The average molecular weight is 358 g/mol. The molecule has 2 N–H and O–H groups in total. The van der Waals surface area contributed by atoms with Crippen LogP contribution in [0.2, 0.25) is 0 Å². The van der Waals surface area contributed by atoms with Crippen molar-refractivity contribution in [3.8, 4) is 0 Å². The van der Waals surface area contributed by atoms with Gasteiger partial charge in [-0.25, -0.2) is 13.2 Å². The monoisotopic (exact) mass is 358 g/mol. The third-order valence-electron chi connectivity index (χ3n) is 8.97. The predicted octanol–water partition coefficient (Wildman–Crippen LogP) is 4.09. The minimum atomic E-state index is -3.29. The van der Waals surface area contributed by atoms with Crippen molar-refractivity contribution in [2.45, 2.75) is 88.0 Å². The fraction of sp³-hybridized carbons (Fsp3) is 1.00. The van der Waals surface area contributed by atoms with Gasteiger partial charge in [-0.2, -0.15) is 0 Å². The van der Waals surface area contributed by atoms with Crippen LogP contribution in [0.3, 0.4) is 0 Å². The molecular weight excluding hydrogens is 329 g/mol. The zero-order valence-corrected chi connectivity index (χ0v) is 15.1. The second kappa shape index (κ2) is 4.40. The fourth-order valence-electron chi connectivity index (χ4n) is 8.60. The first-order valence-corrected chi connectivity index (χ1v) is 9.93. The highest BCUT2D eigenvalue weighted by Gasteiger charge is 2.77. The Hall–Kier alpha value is -0.290. The van der Waals surface area contributed by atoms with E-state index in [9.17, 15) is 10.2 Å². The largest absolute Gasteiger partial charge is 0.390 e. The molecule has 5 heteroatoms. The number of hydrogen-bond donors (Lipinski definition) is 2. The summed E-state index contributed by atoms with van der Waals surface area (Å²) in [7, 11) is 0. The quantitative estimate of drug-likeness (QED) is 0.781. The molecule has 0 radical (unpaired) electrons. The standard InChI is InChI=1S/C20H29F3O2/c1-11-12(2)15-3-14(11)19(21,20(15,22)23)9-16-4-13-5-17(24,7-16)10-18(25,6-13)8-16/h11-15,24-25H,3-10H2,1-2H3. The highest BCUT2D eigenvalue weighted by atomic mass is 19.3. The molecular formula is C20H29F3O2. The summed E-state index contributed by atoms with van der Waals surface area (Å²) in [6, 6.07) is 0. The lowest BCUT2D eigenvalue weighted by atomic mass is 9.44. The van der Waals surface area contributed by atoms with Crippen molar-refractivity contribution in [3.63, 3.8) is 0 Å². The summed E-state index contributed by atoms with van der Waals surface area (Å²) in [4.78, 5) is 0. The summed E-state index contributed by atoms with van der Waals surface area (Å²) in [5.41, 5.74) is -5.14. The molecule has 6 aliphatic carbocycles. The Bertz CT molecular complexity index is 604. The number of rotatable bonds is 2. The molecule has 6 rings (SSSR count). The SMILES string of the molecule is CC1C(C)C2CC1C(F)(F)C2(F)CC12CC3CC(O)(CC(O)(C3)C1)C2. The van der Waals surface area contributed by atoms with Crippen LogP contribution in [0.1, 0.15) is 65.2 Å². The van der Waals surface area contributed by atoms with Crippen molar-refractivity contribution in [2.75, 3.05) is 0 Å². The van der Waals surface area contributed by atoms with Gasteiger partial charge in [-0.15, -0.1) is 0 Å². The van der Waals surface area contributed by atoms with Crippen LogP contribution < -0.4 is 0 Å². The number of aliphatic hydroxyl groups is 2. The molecule has 0 aromatic heterocycles. The molecule has 7 unspecified atom stereocenters. The van der Waals surface area contributed by atoms with Gasteiger partial charge < -0.3 is 10.2 Å². The Morgan fingerprint density at radius 2 is 1.40 bits per heavy atom. The fourth-order valence-corrected chi connectivity index (χ4v) is 8.60. The highest BCUT2D eigenvalue weighted by Crippen LogP contribution is 2.72. The second-order valence-corrected chi connectivity index (χ2v) is 10.8. The molecule has 6 aliphatic rings. The van der Waals surface area contributed by atoms with E-state index in [-0.39, 0.29) is 30.6 Å². The average Bonchev–Trinajstić information content (AvgIpc) is 2.79. The Balaban J connectivity index is 1.51. The van der Waals surface area contributed by atoms with Crippen LogP contribution in [0.15, 0.2) is 0 Å². The van der Waals surface area contributed by atoms with Gasteiger partial charge in [-0.1, -0.05) is 13.8 Å². The molecule has 0 amide bonds. The Morgan fingerprint density at radius 1 is 0.840 bits per heavy atom. The first-order chi connectivity index (χ1) is 11.4. The molecule has 0 aromatic carbocycles. The summed E-state index contributed by atoms with van der Waals surface area (Å²) < 4.78 is 46.2. The van der Waals surface area contributed by atoms with Crippen molar-refractivity contribution in [1.29, 1.82) is 0 Å². The predicted molar refractivity (Wildman–Crippen MR) is 86.9 cm³/mol. The number of halogens is 3. The maximum absolute atomic E-state index is 16.1. The van der Waals surface area contributed by atoms with Crippen molar-refractivity contribution < 1.29 is 23.4 Å². The normalized spacial score (nSPS) is 64.2. The van der Waals surface area contributed by atoms with Gasteiger partial charge in [0.1, 0.15) is 0 Å². The molecule has 6 bridgehead atoms. The minimum absolute atomic E-state index is 0.0327. The molecule has 25 heavy (non-hydrogen) atoms. The van der Waals surface area contributed by atoms with E-state index < -0.39 is 40.0 Å². The van der Waals surface area contributed by atoms with Crippen LogP contribution in [0, 0.1) is 35.0 Å². The molecule has 6 fully saturated rings. The van der Waals surface area contributed by atoms with Crippen LogP contribution in [0.4, 0.5) is 13.2 Å². The second-order valence-electron chi connectivity index (χ2n) is 10.8. The van der Waals surface area contributed by atoms with Gasteiger partial charge in [0.25, 0.3) is 5.92 Å². The summed E-state index contributed by atoms with van der Waals surface area (Å²) in [6.07, 6.45) is 3.11. The van der Waals surface area contributed by atoms with Gasteiger partial charge in [0.05, 0.1) is 11.2 Å². The molecule has 0 heterocycles. The molecule has 0 aliphatic heterocycles. The van der Waals surface area contributed by atoms with E-state index >= 15 is 13.2 Å².